The number of hydrogen-bond acceptors (Lipinski definition) is 3. The molecule has 18 rings (SSSR count). The maximum absolute atomic E-state index is 5.63. The summed E-state index contributed by atoms with van der Waals surface area (Å²) in [5.74, 6) is 1.62. The van der Waals surface area contributed by atoms with Crippen LogP contribution in [0.4, 0.5) is 0 Å². The molecule has 0 fully saturated rings. The van der Waals surface area contributed by atoms with E-state index in [-0.39, 0.29) is 0 Å². The van der Waals surface area contributed by atoms with Crippen molar-refractivity contribution >= 4 is 87.2 Å². The molecule has 0 aliphatic carbocycles. The van der Waals surface area contributed by atoms with Crippen molar-refractivity contribution in [3.63, 3.8) is 0 Å². The topological polar surface area (TPSA) is 58.4 Å². The van der Waals surface area contributed by atoms with Gasteiger partial charge in [-0.2, -0.15) is 15.0 Å². The number of para-hydroxylation sites is 6. The van der Waals surface area contributed by atoms with Crippen LogP contribution in [0, 0.1) is 0 Å². The van der Waals surface area contributed by atoms with E-state index in [1.54, 1.807) is 0 Å². The normalized spacial score (nSPS) is 11.9. The van der Waals surface area contributed by atoms with Crippen molar-refractivity contribution in [2.24, 2.45) is 0 Å². The molecule has 0 saturated heterocycles. The Kier molecular flexibility index (Phi) is 11.2. The highest BCUT2D eigenvalue weighted by Crippen LogP contribution is 2.46. The highest BCUT2D eigenvalue weighted by Gasteiger charge is 2.26. The molecule has 0 amide bonds. The molecule has 0 atom stereocenters. The number of aromatic nitrogens is 7. The Morgan fingerprint density at radius 1 is 0.193 bits per heavy atom. The second-order valence-electron chi connectivity index (χ2n) is 22.7. The van der Waals surface area contributed by atoms with Gasteiger partial charge in [0.15, 0.2) is 5.82 Å². The van der Waals surface area contributed by atoms with Crippen molar-refractivity contribution in [2.45, 2.75) is 0 Å². The fraction of sp³-hybridized carbons (Fsp3) is 0. The third-order valence-corrected chi connectivity index (χ3v) is 17.8. The molecule has 5 heterocycles. The number of fused-ring (bicyclic) bond motifs is 12. The Bertz CT molecular complexity index is 5250. The predicted molar refractivity (Wildman–Crippen MR) is 364 cm³/mol. The number of hydrogen-bond donors (Lipinski definition) is 0. The summed E-state index contributed by atoms with van der Waals surface area (Å²) >= 11 is 0. The minimum absolute atomic E-state index is 0.520. The van der Waals surface area contributed by atoms with E-state index in [1.807, 2.05) is 18.2 Å². The van der Waals surface area contributed by atoms with Crippen molar-refractivity contribution in [3.8, 4) is 79.2 Å². The zero-order chi connectivity index (χ0) is 57.8. The summed E-state index contributed by atoms with van der Waals surface area (Å²) in [4.78, 5) is 16.5. The van der Waals surface area contributed by atoms with Crippen LogP contribution in [-0.2, 0) is 0 Å². The standard InChI is InChI=1S/C81H51N7/c1-6-24-52(25-7-1)59-36-20-40-65-66-41-21-37-60(53-26-8-2-9-27-53)76(66)85(75(59)65)57-46-48-73-69(50-57)63-34-16-18-44-71(63)87(73)80-82-79(56-32-14-5-15-33-56)83-81(84-80)88-72-45-19-17-35-64(72)70-51-58(47-49-74(70)88)86-77-61(54-28-10-3-11-29-54)38-22-42-67(77)68-43-23-39-62(78(68)86)55-30-12-4-13-31-55/h1-51H. The third kappa shape index (κ3) is 7.60. The van der Waals surface area contributed by atoms with Gasteiger partial charge in [0.05, 0.1) is 44.1 Å². The summed E-state index contributed by atoms with van der Waals surface area (Å²) in [6.07, 6.45) is 0. The first-order chi connectivity index (χ1) is 43.7. The fourth-order valence-electron chi connectivity index (χ4n) is 14.1. The molecule has 5 aromatic heterocycles. The van der Waals surface area contributed by atoms with Gasteiger partial charge in [-0.15, -0.1) is 0 Å². The van der Waals surface area contributed by atoms with Crippen molar-refractivity contribution in [2.75, 3.05) is 0 Å². The molecule has 0 radical (unpaired) electrons. The summed E-state index contributed by atoms with van der Waals surface area (Å²) in [7, 11) is 0. The number of nitrogens with zero attached hydrogens (tertiary/aromatic N) is 7. The molecule has 0 aliphatic heterocycles. The predicted octanol–water partition coefficient (Wildman–Crippen LogP) is 20.6. The maximum Gasteiger partial charge on any atom is 0.240 e. The molecule has 18 aromatic rings. The lowest BCUT2D eigenvalue weighted by Gasteiger charge is -2.15. The monoisotopic (exact) mass is 1120 g/mol. The van der Waals surface area contributed by atoms with E-state index in [9.17, 15) is 0 Å². The van der Waals surface area contributed by atoms with Crippen LogP contribution in [0.2, 0.25) is 0 Å². The zero-order valence-electron chi connectivity index (χ0n) is 47.6. The smallest absolute Gasteiger partial charge is 0.240 e. The Hall–Kier alpha value is -11.9. The first-order valence-electron chi connectivity index (χ1n) is 29.9. The molecule has 0 unspecified atom stereocenters. The highest BCUT2D eigenvalue weighted by molar-refractivity contribution is 6.20. The Balaban J connectivity index is 0.871. The van der Waals surface area contributed by atoms with Gasteiger partial charge in [-0.1, -0.05) is 261 Å². The van der Waals surface area contributed by atoms with E-state index >= 15 is 0 Å². The van der Waals surface area contributed by atoms with Crippen LogP contribution in [0.15, 0.2) is 309 Å². The summed E-state index contributed by atoms with van der Waals surface area (Å²) < 4.78 is 9.45. The SMILES string of the molecule is c1ccc(-c2nc(-n3c4ccccc4c4cc(-n5c6c(-c7ccccc7)cccc6c6cccc(-c7ccccc7)c65)ccc43)nc(-n3c4ccccc4c4cc(-n5c6c(-c7ccccc7)cccc6c6cccc(-c7ccccc7)c65)ccc43)n2)cc1. The van der Waals surface area contributed by atoms with E-state index < -0.39 is 0 Å². The summed E-state index contributed by atoms with van der Waals surface area (Å²) in [6.45, 7) is 0. The average Bonchev–Trinajstić information content (AvgIpc) is 1.69. The summed E-state index contributed by atoms with van der Waals surface area (Å²) in [5.41, 5.74) is 20.9. The first kappa shape index (κ1) is 49.5. The first-order valence-corrected chi connectivity index (χ1v) is 29.9. The van der Waals surface area contributed by atoms with Crippen molar-refractivity contribution in [3.05, 3.63) is 309 Å². The summed E-state index contributed by atoms with van der Waals surface area (Å²) in [6, 6.07) is 111. The molecule has 7 heteroatoms. The van der Waals surface area contributed by atoms with Crippen LogP contribution in [0.25, 0.3) is 166 Å². The second kappa shape index (κ2) is 19.8. The molecule has 0 bridgehead atoms. The minimum Gasteiger partial charge on any atom is -0.308 e. The molecule has 410 valence electrons. The molecule has 0 aliphatic rings. The number of rotatable bonds is 9. The lowest BCUT2D eigenvalue weighted by Crippen LogP contribution is -2.10. The molecule has 7 nitrogen and oxygen atoms in total. The van der Waals surface area contributed by atoms with Crippen LogP contribution in [-0.4, -0.2) is 33.2 Å². The average molecular weight is 1120 g/mol. The van der Waals surface area contributed by atoms with Gasteiger partial charge in [-0.3, -0.25) is 9.13 Å². The quantitative estimate of drug-likeness (QED) is 0.145. The second-order valence-corrected chi connectivity index (χ2v) is 22.7. The minimum atomic E-state index is 0.520. The molecule has 0 N–H and O–H groups in total. The van der Waals surface area contributed by atoms with Gasteiger partial charge in [0.1, 0.15) is 0 Å². The zero-order valence-corrected chi connectivity index (χ0v) is 47.6. The van der Waals surface area contributed by atoms with Crippen molar-refractivity contribution < 1.29 is 0 Å². The van der Waals surface area contributed by atoms with E-state index in [0.29, 0.717) is 17.7 Å². The van der Waals surface area contributed by atoms with Gasteiger partial charge in [-0.25, -0.2) is 0 Å². The van der Waals surface area contributed by atoms with Gasteiger partial charge in [0, 0.05) is 82.3 Å². The Morgan fingerprint density at radius 3 is 0.818 bits per heavy atom. The molecule has 0 saturated carbocycles. The largest absolute Gasteiger partial charge is 0.308 e. The van der Waals surface area contributed by atoms with E-state index in [0.717, 1.165) is 105 Å². The van der Waals surface area contributed by atoms with Gasteiger partial charge in [0.25, 0.3) is 0 Å². The fourth-order valence-corrected chi connectivity index (χ4v) is 14.1. The molecule has 13 aromatic carbocycles. The van der Waals surface area contributed by atoms with Crippen LogP contribution >= 0.6 is 0 Å². The number of benzene rings is 13. The molecule has 0 spiro atoms. The Morgan fingerprint density at radius 2 is 0.477 bits per heavy atom. The van der Waals surface area contributed by atoms with Crippen LogP contribution < -0.4 is 0 Å². The lowest BCUT2D eigenvalue weighted by atomic mass is 10.0. The van der Waals surface area contributed by atoms with Gasteiger partial charge >= 0.3 is 0 Å². The van der Waals surface area contributed by atoms with Crippen LogP contribution in [0.3, 0.4) is 0 Å². The maximum atomic E-state index is 5.63. The van der Waals surface area contributed by atoms with Gasteiger partial charge in [-0.05, 0) is 70.8 Å². The van der Waals surface area contributed by atoms with E-state index in [2.05, 4.69) is 309 Å². The van der Waals surface area contributed by atoms with Crippen LogP contribution in [0.1, 0.15) is 0 Å². The van der Waals surface area contributed by atoms with E-state index in [1.165, 1.54) is 43.8 Å². The van der Waals surface area contributed by atoms with Gasteiger partial charge in [0.2, 0.25) is 11.9 Å². The lowest BCUT2D eigenvalue weighted by molar-refractivity contribution is 0.892. The van der Waals surface area contributed by atoms with Crippen LogP contribution in [0.5, 0.6) is 0 Å². The van der Waals surface area contributed by atoms with E-state index in [4.69, 9.17) is 15.0 Å². The van der Waals surface area contributed by atoms with Gasteiger partial charge < -0.3 is 9.13 Å². The molecular weight excluding hydrogens is 1070 g/mol. The summed E-state index contributed by atoms with van der Waals surface area (Å²) in [5, 5.41) is 9.15. The van der Waals surface area contributed by atoms with Crippen molar-refractivity contribution in [1.29, 1.82) is 0 Å². The third-order valence-electron chi connectivity index (χ3n) is 17.8. The van der Waals surface area contributed by atoms with Crippen molar-refractivity contribution in [1.82, 2.24) is 33.2 Å². The molecule has 88 heavy (non-hydrogen) atoms. The molecular formula is C81H51N7. The highest BCUT2D eigenvalue weighted by atomic mass is 15.3. The Labute approximate surface area is 506 Å².